The second kappa shape index (κ2) is 3.30. The standard InChI is InChI=1S/C13H15F2N/c1-8-5-10(13(3,14)15)7-12-11(8)6-9(2)16(12)4/h5-7H,1-4H3. The van der Waals surface area contributed by atoms with Crippen molar-refractivity contribution >= 4 is 10.9 Å². The number of halogens is 2. The molecular weight excluding hydrogens is 208 g/mol. The van der Waals surface area contributed by atoms with Crippen LogP contribution in [0.4, 0.5) is 8.78 Å². The number of nitrogens with zero attached hydrogens (tertiary/aromatic N) is 1. The zero-order chi connectivity index (χ0) is 12.1. The van der Waals surface area contributed by atoms with E-state index in [-0.39, 0.29) is 5.56 Å². The van der Waals surface area contributed by atoms with Crippen molar-refractivity contribution in [3.05, 3.63) is 35.0 Å². The van der Waals surface area contributed by atoms with E-state index >= 15 is 0 Å². The van der Waals surface area contributed by atoms with Crippen LogP contribution in [0.3, 0.4) is 0 Å². The Labute approximate surface area is 93.7 Å². The Kier molecular flexibility index (Phi) is 2.30. The summed E-state index contributed by atoms with van der Waals surface area (Å²) in [5.41, 5.74) is 2.93. The number of rotatable bonds is 1. The molecule has 0 N–H and O–H groups in total. The third kappa shape index (κ3) is 1.60. The fourth-order valence-corrected chi connectivity index (χ4v) is 1.99. The van der Waals surface area contributed by atoms with Crippen LogP contribution < -0.4 is 0 Å². The maximum Gasteiger partial charge on any atom is 0.270 e. The molecule has 0 unspecified atom stereocenters. The molecule has 0 aliphatic carbocycles. The van der Waals surface area contributed by atoms with E-state index in [4.69, 9.17) is 0 Å². The molecular formula is C13H15F2N. The summed E-state index contributed by atoms with van der Waals surface area (Å²) in [4.78, 5) is 0. The molecule has 0 saturated carbocycles. The lowest BCUT2D eigenvalue weighted by Gasteiger charge is -2.12. The second-order valence-corrected chi connectivity index (χ2v) is 4.46. The Morgan fingerprint density at radius 3 is 2.31 bits per heavy atom. The van der Waals surface area contributed by atoms with Gasteiger partial charge in [0.15, 0.2) is 0 Å². The zero-order valence-electron chi connectivity index (χ0n) is 9.94. The van der Waals surface area contributed by atoms with Gasteiger partial charge >= 0.3 is 0 Å². The highest BCUT2D eigenvalue weighted by Gasteiger charge is 2.25. The summed E-state index contributed by atoms with van der Waals surface area (Å²) in [6.07, 6.45) is 0. The lowest BCUT2D eigenvalue weighted by molar-refractivity contribution is 0.0175. The highest BCUT2D eigenvalue weighted by Crippen LogP contribution is 2.32. The molecule has 86 valence electrons. The summed E-state index contributed by atoms with van der Waals surface area (Å²) < 4.78 is 28.5. The van der Waals surface area contributed by atoms with Gasteiger partial charge in [0.05, 0.1) is 0 Å². The van der Waals surface area contributed by atoms with E-state index in [9.17, 15) is 8.78 Å². The van der Waals surface area contributed by atoms with Gasteiger partial charge in [-0.3, -0.25) is 0 Å². The third-order valence-corrected chi connectivity index (χ3v) is 3.12. The van der Waals surface area contributed by atoms with Gasteiger partial charge in [0.1, 0.15) is 0 Å². The molecule has 0 bridgehead atoms. The molecule has 0 amide bonds. The molecule has 0 spiro atoms. The monoisotopic (exact) mass is 223 g/mol. The van der Waals surface area contributed by atoms with Gasteiger partial charge in [-0.1, -0.05) is 0 Å². The van der Waals surface area contributed by atoms with Crippen molar-refractivity contribution in [3.63, 3.8) is 0 Å². The minimum absolute atomic E-state index is 0.0821. The van der Waals surface area contributed by atoms with Gasteiger partial charge in [-0.25, -0.2) is 8.78 Å². The highest BCUT2D eigenvalue weighted by atomic mass is 19.3. The predicted octanol–water partition coefficient (Wildman–Crippen LogP) is 3.91. The predicted molar refractivity (Wildman–Crippen MR) is 62.0 cm³/mol. The summed E-state index contributed by atoms with van der Waals surface area (Å²) in [7, 11) is 1.90. The average Bonchev–Trinajstić information content (AvgIpc) is 2.44. The number of alkyl halides is 2. The summed E-state index contributed by atoms with van der Waals surface area (Å²) >= 11 is 0. The van der Waals surface area contributed by atoms with Crippen LogP contribution in [0.15, 0.2) is 18.2 Å². The van der Waals surface area contributed by atoms with Crippen LogP contribution in [0.2, 0.25) is 0 Å². The van der Waals surface area contributed by atoms with Crippen LogP contribution in [0, 0.1) is 13.8 Å². The SMILES string of the molecule is Cc1cc(C(C)(F)F)cc2c1cc(C)n2C. The van der Waals surface area contributed by atoms with Crippen molar-refractivity contribution in [2.24, 2.45) is 7.05 Å². The molecule has 0 fully saturated rings. The first-order chi connectivity index (χ1) is 7.30. The van der Waals surface area contributed by atoms with Crippen molar-refractivity contribution in [3.8, 4) is 0 Å². The van der Waals surface area contributed by atoms with Gasteiger partial charge in [0, 0.05) is 36.1 Å². The van der Waals surface area contributed by atoms with E-state index in [0.29, 0.717) is 0 Å². The number of fused-ring (bicyclic) bond motifs is 1. The molecule has 1 aromatic carbocycles. The van der Waals surface area contributed by atoms with Crippen LogP contribution in [-0.4, -0.2) is 4.57 Å². The quantitative estimate of drug-likeness (QED) is 0.690. The number of benzene rings is 1. The van der Waals surface area contributed by atoms with Crippen molar-refractivity contribution in [1.82, 2.24) is 4.57 Å². The van der Waals surface area contributed by atoms with Gasteiger partial charge in [0.25, 0.3) is 5.92 Å². The van der Waals surface area contributed by atoms with Crippen molar-refractivity contribution in [2.45, 2.75) is 26.7 Å². The smallest absolute Gasteiger partial charge is 0.270 e. The molecule has 2 aromatic rings. The van der Waals surface area contributed by atoms with Crippen LogP contribution in [-0.2, 0) is 13.0 Å². The Hall–Kier alpha value is -1.38. The number of aryl methyl sites for hydroxylation is 3. The fraction of sp³-hybridized carbons (Fsp3) is 0.385. The van der Waals surface area contributed by atoms with Crippen molar-refractivity contribution in [2.75, 3.05) is 0 Å². The first-order valence-corrected chi connectivity index (χ1v) is 5.25. The highest BCUT2D eigenvalue weighted by molar-refractivity contribution is 5.85. The van der Waals surface area contributed by atoms with Gasteiger partial charge in [-0.2, -0.15) is 0 Å². The molecule has 1 nitrogen and oxygen atoms in total. The van der Waals surface area contributed by atoms with Gasteiger partial charge in [0.2, 0.25) is 0 Å². The van der Waals surface area contributed by atoms with Crippen LogP contribution in [0.5, 0.6) is 0 Å². The summed E-state index contributed by atoms with van der Waals surface area (Å²) in [5.74, 6) is -2.78. The summed E-state index contributed by atoms with van der Waals surface area (Å²) in [6.45, 7) is 4.78. The van der Waals surface area contributed by atoms with Gasteiger partial charge < -0.3 is 4.57 Å². The lowest BCUT2D eigenvalue weighted by atomic mass is 10.0. The van der Waals surface area contributed by atoms with Crippen LogP contribution >= 0.6 is 0 Å². The topological polar surface area (TPSA) is 4.93 Å². The molecule has 1 aromatic heterocycles. The van der Waals surface area contributed by atoms with E-state index in [0.717, 1.165) is 29.1 Å². The largest absolute Gasteiger partial charge is 0.348 e. The second-order valence-electron chi connectivity index (χ2n) is 4.46. The molecule has 16 heavy (non-hydrogen) atoms. The average molecular weight is 223 g/mol. The van der Waals surface area contributed by atoms with Crippen LogP contribution in [0.25, 0.3) is 10.9 Å². The normalized spacial score (nSPS) is 12.4. The molecule has 0 atom stereocenters. The molecule has 0 saturated heterocycles. The Morgan fingerprint density at radius 2 is 1.75 bits per heavy atom. The summed E-state index contributed by atoms with van der Waals surface area (Å²) in [5, 5.41) is 1.05. The van der Waals surface area contributed by atoms with Crippen LogP contribution in [0.1, 0.15) is 23.7 Å². The van der Waals surface area contributed by atoms with Gasteiger partial charge in [-0.05, 0) is 37.6 Å². The Balaban J connectivity index is 2.80. The maximum absolute atomic E-state index is 13.3. The van der Waals surface area contributed by atoms with E-state index in [1.165, 1.54) is 0 Å². The maximum atomic E-state index is 13.3. The first-order valence-electron chi connectivity index (χ1n) is 5.25. The number of hydrogen-bond acceptors (Lipinski definition) is 0. The zero-order valence-corrected chi connectivity index (χ0v) is 9.94. The lowest BCUT2D eigenvalue weighted by Crippen LogP contribution is -2.07. The van der Waals surface area contributed by atoms with Gasteiger partial charge in [-0.15, -0.1) is 0 Å². The molecule has 0 radical (unpaired) electrons. The van der Waals surface area contributed by atoms with E-state index in [2.05, 4.69) is 0 Å². The van der Waals surface area contributed by atoms with Crippen molar-refractivity contribution in [1.29, 1.82) is 0 Å². The number of hydrogen-bond donors (Lipinski definition) is 0. The fourth-order valence-electron chi connectivity index (χ4n) is 1.99. The molecule has 1 heterocycles. The summed E-state index contributed by atoms with van der Waals surface area (Å²) in [6, 6.07) is 5.18. The number of aromatic nitrogens is 1. The minimum atomic E-state index is -2.78. The first kappa shape index (κ1) is 11.1. The molecule has 2 rings (SSSR count). The van der Waals surface area contributed by atoms with Crippen molar-refractivity contribution < 1.29 is 8.78 Å². The Bertz CT molecular complexity index is 547. The third-order valence-electron chi connectivity index (χ3n) is 3.12. The van der Waals surface area contributed by atoms with E-state index < -0.39 is 5.92 Å². The van der Waals surface area contributed by atoms with E-state index in [1.807, 2.05) is 31.5 Å². The van der Waals surface area contributed by atoms with E-state index in [1.54, 1.807) is 12.1 Å². The molecule has 0 aliphatic rings. The Morgan fingerprint density at radius 1 is 1.12 bits per heavy atom. The molecule has 0 aliphatic heterocycles. The molecule has 3 heteroatoms. The minimum Gasteiger partial charge on any atom is -0.348 e.